The molecule has 4 N–H and O–H groups in total. The SMILES string of the molecule is C=C(N)c1ccc(CNC(=O)Cn2cccc(NS(=O)(=O)c3cccc(OC)c3)c2=O)s1. The predicted molar refractivity (Wildman–Crippen MR) is 124 cm³/mol. The summed E-state index contributed by atoms with van der Waals surface area (Å²) in [6.07, 6.45) is 1.41. The van der Waals surface area contributed by atoms with Crippen molar-refractivity contribution in [2.45, 2.75) is 18.0 Å². The van der Waals surface area contributed by atoms with Crippen LogP contribution in [0.1, 0.15) is 9.75 Å². The van der Waals surface area contributed by atoms with Gasteiger partial charge >= 0.3 is 0 Å². The van der Waals surface area contributed by atoms with Crippen LogP contribution in [0.3, 0.4) is 0 Å². The largest absolute Gasteiger partial charge is 0.497 e. The Bertz CT molecular complexity index is 1310. The Hall–Kier alpha value is -3.57. The Morgan fingerprint density at radius 3 is 2.69 bits per heavy atom. The molecule has 0 radical (unpaired) electrons. The number of rotatable bonds is 9. The van der Waals surface area contributed by atoms with E-state index in [4.69, 9.17) is 10.5 Å². The Balaban J connectivity index is 1.69. The van der Waals surface area contributed by atoms with Gasteiger partial charge in [0.15, 0.2) is 0 Å². The zero-order chi connectivity index (χ0) is 23.3. The number of nitrogens with two attached hydrogens (primary N) is 1. The zero-order valence-corrected chi connectivity index (χ0v) is 18.8. The van der Waals surface area contributed by atoms with Gasteiger partial charge in [0.1, 0.15) is 18.0 Å². The molecule has 1 amide bonds. The molecule has 9 nitrogen and oxygen atoms in total. The summed E-state index contributed by atoms with van der Waals surface area (Å²) < 4.78 is 33.8. The van der Waals surface area contributed by atoms with E-state index in [1.807, 2.05) is 12.1 Å². The lowest BCUT2D eigenvalue weighted by molar-refractivity contribution is -0.121. The number of methoxy groups -OCH3 is 1. The Morgan fingerprint density at radius 1 is 1.22 bits per heavy atom. The summed E-state index contributed by atoms with van der Waals surface area (Å²) in [5, 5.41) is 2.72. The van der Waals surface area contributed by atoms with E-state index in [0.717, 1.165) is 14.3 Å². The summed E-state index contributed by atoms with van der Waals surface area (Å²) in [6, 6.07) is 12.3. The molecule has 11 heteroatoms. The van der Waals surface area contributed by atoms with Crippen LogP contribution in [0.15, 0.2) is 71.0 Å². The van der Waals surface area contributed by atoms with Crippen LogP contribution in [0.25, 0.3) is 5.70 Å². The van der Waals surface area contributed by atoms with E-state index in [-0.39, 0.29) is 23.7 Å². The number of benzene rings is 1. The first-order valence-corrected chi connectivity index (χ1v) is 11.7. The fraction of sp³-hybridized carbons (Fsp3) is 0.143. The second-order valence-electron chi connectivity index (χ2n) is 6.71. The standard InChI is InChI=1S/C21H22N4O5S2/c1-14(22)19-9-8-16(31-19)12-23-20(26)13-25-10-4-7-18(21(25)27)24-32(28,29)17-6-3-5-15(11-17)30-2/h3-11,24H,1,12-13,22H2,2H3,(H,23,26). The average molecular weight is 475 g/mol. The van der Waals surface area contributed by atoms with Crippen molar-refractivity contribution in [1.82, 2.24) is 9.88 Å². The zero-order valence-electron chi connectivity index (χ0n) is 17.2. The van der Waals surface area contributed by atoms with Crippen molar-refractivity contribution >= 4 is 38.7 Å². The predicted octanol–water partition coefficient (Wildman–Crippen LogP) is 1.96. The molecule has 0 aliphatic heterocycles. The summed E-state index contributed by atoms with van der Waals surface area (Å²) in [4.78, 5) is 26.7. The van der Waals surface area contributed by atoms with Crippen LogP contribution in [-0.2, 0) is 27.9 Å². The van der Waals surface area contributed by atoms with Crippen LogP contribution < -0.4 is 26.1 Å². The number of anilines is 1. The smallest absolute Gasteiger partial charge is 0.275 e. The van der Waals surface area contributed by atoms with E-state index in [0.29, 0.717) is 11.4 Å². The number of hydrogen-bond acceptors (Lipinski definition) is 7. The lowest BCUT2D eigenvalue weighted by atomic mass is 10.3. The van der Waals surface area contributed by atoms with E-state index in [2.05, 4.69) is 16.6 Å². The van der Waals surface area contributed by atoms with Crippen molar-refractivity contribution in [1.29, 1.82) is 0 Å². The third-order valence-corrected chi connectivity index (χ3v) is 6.89. The third kappa shape index (κ3) is 5.56. The van der Waals surface area contributed by atoms with Gasteiger partial charge in [-0.3, -0.25) is 14.3 Å². The molecule has 0 spiro atoms. The highest BCUT2D eigenvalue weighted by atomic mass is 32.2. The number of nitrogens with one attached hydrogen (secondary N) is 2. The minimum Gasteiger partial charge on any atom is -0.497 e. The van der Waals surface area contributed by atoms with Gasteiger partial charge in [0.2, 0.25) is 5.91 Å². The summed E-state index contributed by atoms with van der Waals surface area (Å²) >= 11 is 1.41. The Labute approximate surface area is 189 Å². The Kier molecular flexibility index (Phi) is 7.01. The molecule has 0 saturated heterocycles. The van der Waals surface area contributed by atoms with Gasteiger partial charge in [0, 0.05) is 27.7 Å². The van der Waals surface area contributed by atoms with E-state index < -0.39 is 21.5 Å². The molecule has 0 saturated carbocycles. The van der Waals surface area contributed by atoms with Crippen LogP contribution >= 0.6 is 11.3 Å². The van der Waals surface area contributed by atoms with Crippen molar-refractivity contribution in [2.24, 2.45) is 5.73 Å². The molecular formula is C21H22N4O5S2. The van der Waals surface area contributed by atoms with Gasteiger partial charge in [-0.15, -0.1) is 11.3 Å². The van der Waals surface area contributed by atoms with Gasteiger partial charge in [-0.1, -0.05) is 12.6 Å². The van der Waals surface area contributed by atoms with Crippen molar-refractivity contribution in [2.75, 3.05) is 11.8 Å². The number of carbonyl (C=O) groups is 1. The number of ether oxygens (including phenoxy) is 1. The average Bonchev–Trinajstić information content (AvgIpc) is 3.24. The maximum absolute atomic E-state index is 12.7. The monoisotopic (exact) mass is 474 g/mol. The quantitative estimate of drug-likeness (QED) is 0.434. The van der Waals surface area contributed by atoms with Crippen LogP contribution in [0.5, 0.6) is 5.75 Å². The number of aromatic nitrogens is 1. The Morgan fingerprint density at radius 2 is 2.00 bits per heavy atom. The molecule has 0 aliphatic carbocycles. The number of thiophene rings is 1. The van der Waals surface area contributed by atoms with Crippen LogP contribution in [0.4, 0.5) is 5.69 Å². The summed E-state index contributed by atoms with van der Waals surface area (Å²) in [7, 11) is -2.60. The van der Waals surface area contributed by atoms with Gasteiger partial charge in [0.25, 0.3) is 15.6 Å². The second-order valence-corrected chi connectivity index (χ2v) is 9.56. The van der Waals surface area contributed by atoms with Gasteiger partial charge in [-0.25, -0.2) is 8.42 Å². The second kappa shape index (κ2) is 9.71. The first-order chi connectivity index (χ1) is 15.2. The number of hydrogen-bond donors (Lipinski definition) is 3. The molecule has 2 aromatic heterocycles. The van der Waals surface area contributed by atoms with Gasteiger partial charge in [-0.05, 0) is 36.4 Å². The van der Waals surface area contributed by atoms with E-state index in [9.17, 15) is 18.0 Å². The normalized spacial score (nSPS) is 11.0. The van der Waals surface area contributed by atoms with Crippen molar-refractivity contribution in [3.05, 3.63) is 81.4 Å². The van der Waals surface area contributed by atoms with E-state index >= 15 is 0 Å². The molecule has 0 atom stereocenters. The van der Waals surface area contributed by atoms with Crippen molar-refractivity contribution in [3.63, 3.8) is 0 Å². The molecule has 168 valence electrons. The first-order valence-electron chi connectivity index (χ1n) is 9.36. The molecule has 32 heavy (non-hydrogen) atoms. The molecule has 0 fully saturated rings. The molecule has 3 rings (SSSR count). The van der Waals surface area contributed by atoms with E-state index in [1.165, 1.54) is 55.0 Å². The molecule has 0 bridgehead atoms. The molecule has 2 heterocycles. The van der Waals surface area contributed by atoms with Crippen molar-refractivity contribution < 1.29 is 17.9 Å². The number of sulfonamides is 1. The van der Waals surface area contributed by atoms with Crippen molar-refractivity contribution in [3.8, 4) is 5.75 Å². The fourth-order valence-electron chi connectivity index (χ4n) is 2.75. The lowest BCUT2D eigenvalue weighted by Crippen LogP contribution is -2.33. The minimum atomic E-state index is -4.02. The fourth-order valence-corrected chi connectivity index (χ4v) is 4.67. The number of pyridine rings is 1. The number of amides is 1. The topological polar surface area (TPSA) is 133 Å². The van der Waals surface area contributed by atoms with Crippen LogP contribution in [0.2, 0.25) is 0 Å². The van der Waals surface area contributed by atoms with E-state index in [1.54, 1.807) is 6.07 Å². The van der Waals surface area contributed by atoms with Crippen LogP contribution in [-0.4, -0.2) is 26.0 Å². The molecule has 0 aliphatic rings. The summed E-state index contributed by atoms with van der Waals surface area (Å²) in [5.74, 6) is -0.0370. The lowest BCUT2D eigenvalue weighted by Gasteiger charge is -2.11. The highest BCUT2D eigenvalue weighted by molar-refractivity contribution is 7.92. The molecular weight excluding hydrogens is 452 g/mol. The third-order valence-electron chi connectivity index (χ3n) is 4.37. The van der Waals surface area contributed by atoms with Gasteiger partial charge in [-0.2, -0.15) is 0 Å². The first kappa shape index (κ1) is 23.1. The highest BCUT2D eigenvalue weighted by Gasteiger charge is 2.18. The molecule has 0 unspecified atom stereocenters. The number of nitrogens with zero attached hydrogens (tertiary/aromatic N) is 1. The van der Waals surface area contributed by atoms with Gasteiger partial charge < -0.3 is 20.4 Å². The minimum absolute atomic E-state index is 0.0557. The number of carbonyl (C=O) groups excluding carboxylic acids is 1. The van der Waals surface area contributed by atoms with Gasteiger partial charge in [0.05, 0.1) is 18.6 Å². The summed E-state index contributed by atoms with van der Waals surface area (Å²) in [6.45, 7) is 3.67. The maximum Gasteiger partial charge on any atom is 0.275 e. The molecule has 3 aromatic rings. The maximum atomic E-state index is 12.7. The summed E-state index contributed by atoms with van der Waals surface area (Å²) in [5.41, 5.74) is 5.28. The highest BCUT2D eigenvalue weighted by Crippen LogP contribution is 2.20. The molecule has 1 aromatic carbocycles. The van der Waals surface area contributed by atoms with Crippen LogP contribution in [0, 0.1) is 0 Å².